The predicted octanol–water partition coefficient (Wildman–Crippen LogP) is 6.43. The van der Waals surface area contributed by atoms with E-state index in [0.29, 0.717) is 18.8 Å². The van der Waals surface area contributed by atoms with E-state index in [2.05, 4.69) is 54.5 Å². The summed E-state index contributed by atoms with van der Waals surface area (Å²) in [6.07, 6.45) is 7.88. The molecular weight excluding hydrogens is 504 g/mol. The monoisotopic (exact) mass is 556 g/mol. The van der Waals surface area contributed by atoms with Gasteiger partial charge in [0.05, 0.1) is 11.5 Å². The molecule has 0 aromatic rings. The van der Waals surface area contributed by atoms with E-state index < -0.39 is 11.5 Å². The molecule has 9 atom stereocenters. The first-order chi connectivity index (χ1) is 18.3. The van der Waals surface area contributed by atoms with Crippen LogP contribution in [0.3, 0.4) is 0 Å². The van der Waals surface area contributed by atoms with E-state index in [9.17, 15) is 19.5 Å². The Morgan fingerprint density at radius 1 is 0.950 bits per heavy atom. The lowest BCUT2D eigenvalue weighted by Crippen LogP contribution is -2.69. The molecule has 40 heavy (non-hydrogen) atoms. The molecule has 0 saturated heterocycles. The van der Waals surface area contributed by atoms with Gasteiger partial charge in [-0.05, 0) is 73.0 Å². The van der Waals surface area contributed by atoms with Crippen LogP contribution in [0.25, 0.3) is 0 Å². The lowest BCUT2D eigenvalue weighted by molar-refractivity contribution is -0.229. The van der Waals surface area contributed by atoms with E-state index in [4.69, 9.17) is 9.47 Å². The Balaban J connectivity index is 1.60. The molecular formula is C34H52O6. The Labute approximate surface area is 241 Å². The zero-order chi connectivity index (χ0) is 29.7. The Bertz CT molecular complexity index is 1140. The van der Waals surface area contributed by atoms with Crippen molar-refractivity contribution in [3.05, 3.63) is 11.6 Å². The van der Waals surface area contributed by atoms with Crippen molar-refractivity contribution in [1.82, 2.24) is 0 Å². The SMILES string of the molecule is CC(=O)OCC12CCC(C)(C)CC1C1=CC(O)C3C4(C)CCC(OC(C)=O)C(C)(C)C4CCC3(C)C1(C)CC2=O. The topological polar surface area (TPSA) is 89.9 Å². The third-order valence-corrected chi connectivity index (χ3v) is 13.4. The number of aliphatic hydroxyl groups excluding tert-OH is 1. The van der Waals surface area contributed by atoms with Crippen molar-refractivity contribution >= 4 is 17.7 Å². The van der Waals surface area contributed by atoms with E-state index in [-0.39, 0.29) is 69.3 Å². The van der Waals surface area contributed by atoms with Gasteiger partial charge >= 0.3 is 11.9 Å². The fourth-order valence-electron chi connectivity index (χ4n) is 11.2. The van der Waals surface area contributed by atoms with Gasteiger partial charge in [0.15, 0.2) is 0 Å². The molecule has 0 radical (unpaired) electrons. The maximum absolute atomic E-state index is 14.4. The number of ketones is 1. The lowest BCUT2D eigenvalue weighted by Gasteiger charge is -2.71. The first-order valence-electron chi connectivity index (χ1n) is 15.6. The third-order valence-electron chi connectivity index (χ3n) is 13.4. The molecule has 0 aromatic heterocycles. The molecule has 5 aliphatic rings. The van der Waals surface area contributed by atoms with Crippen LogP contribution in [0.15, 0.2) is 11.6 Å². The fraction of sp³-hybridized carbons (Fsp3) is 0.853. The van der Waals surface area contributed by atoms with Gasteiger partial charge in [-0.3, -0.25) is 14.4 Å². The number of hydrogen-bond acceptors (Lipinski definition) is 6. The van der Waals surface area contributed by atoms with Gasteiger partial charge in [0.1, 0.15) is 18.5 Å². The fourth-order valence-corrected chi connectivity index (χ4v) is 11.2. The van der Waals surface area contributed by atoms with E-state index in [1.54, 1.807) is 0 Å². The highest BCUT2D eigenvalue weighted by Gasteiger charge is 2.72. The summed E-state index contributed by atoms with van der Waals surface area (Å²) in [7, 11) is 0. The first kappa shape index (κ1) is 29.8. The number of carbonyl (C=O) groups is 3. The molecule has 0 heterocycles. The van der Waals surface area contributed by atoms with E-state index >= 15 is 0 Å². The summed E-state index contributed by atoms with van der Waals surface area (Å²) >= 11 is 0. The van der Waals surface area contributed by atoms with Gasteiger partial charge in [0.2, 0.25) is 0 Å². The average Bonchev–Trinajstić information content (AvgIpc) is 2.81. The molecule has 0 amide bonds. The minimum absolute atomic E-state index is 0.00424. The van der Waals surface area contributed by atoms with Crippen molar-refractivity contribution in [2.24, 2.45) is 50.2 Å². The van der Waals surface area contributed by atoms with Crippen molar-refractivity contribution in [2.45, 2.75) is 126 Å². The second-order valence-electron chi connectivity index (χ2n) is 16.4. The molecule has 1 N–H and O–H groups in total. The molecule has 9 unspecified atom stereocenters. The molecule has 5 rings (SSSR count). The first-order valence-corrected chi connectivity index (χ1v) is 15.6. The molecule has 4 saturated carbocycles. The van der Waals surface area contributed by atoms with Crippen LogP contribution < -0.4 is 0 Å². The van der Waals surface area contributed by atoms with Crippen LogP contribution in [0, 0.1) is 50.2 Å². The number of esters is 2. The highest BCUT2D eigenvalue weighted by molar-refractivity contribution is 5.89. The van der Waals surface area contributed by atoms with Crippen molar-refractivity contribution in [3.63, 3.8) is 0 Å². The minimum Gasteiger partial charge on any atom is -0.465 e. The number of hydrogen-bond donors (Lipinski definition) is 1. The summed E-state index contributed by atoms with van der Waals surface area (Å²) in [4.78, 5) is 38.3. The Morgan fingerprint density at radius 3 is 2.25 bits per heavy atom. The van der Waals surface area contributed by atoms with Crippen molar-refractivity contribution < 1.29 is 29.0 Å². The molecule has 4 fully saturated rings. The van der Waals surface area contributed by atoms with Crippen LogP contribution >= 0.6 is 0 Å². The zero-order valence-corrected chi connectivity index (χ0v) is 26.3. The summed E-state index contributed by atoms with van der Waals surface area (Å²) in [5.41, 5.74) is -0.421. The number of ether oxygens (including phenoxy) is 2. The number of carbonyl (C=O) groups excluding carboxylic acids is 3. The summed E-state index contributed by atoms with van der Waals surface area (Å²) in [5.74, 6) is -0.0985. The molecule has 0 aliphatic heterocycles. The molecule has 224 valence electrons. The van der Waals surface area contributed by atoms with Crippen LogP contribution in [0.4, 0.5) is 0 Å². The number of rotatable bonds is 3. The number of fused-ring (bicyclic) bond motifs is 7. The molecule has 6 heteroatoms. The van der Waals surface area contributed by atoms with Gasteiger partial charge in [0.25, 0.3) is 0 Å². The van der Waals surface area contributed by atoms with Gasteiger partial charge in [-0.15, -0.1) is 0 Å². The van der Waals surface area contributed by atoms with Crippen LogP contribution in [0.1, 0.15) is 114 Å². The normalized spacial score (nSPS) is 47.0. The quantitative estimate of drug-likeness (QED) is 0.318. The second-order valence-corrected chi connectivity index (χ2v) is 16.4. The van der Waals surface area contributed by atoms with E-state index in [1.807, 2.05) is 0 Å². The summed E-state index contributed by atoms with van der Waals surface area (Å²) in [5, 5.41) is 12.2. The molecule has 6 nitrogen and oxygen atoms in total. The van der Waals surface area contributed by atoms with Gasteiger partial charge < -0.3 is 14.6 Å². The Morgan fingerprint density at radius 2 is 1.62 bits per heavy atom. The van der Waals surface area contributed by atoms with Crippen LogP contribution in [0.5, 0.6) is 0 Å². The molecule has 0 bridgehead atoms. The minimum atomic E-state index is -0.708. The summed E-state index contributed by atoms with van der Waals surface area (Å²) in [6.45, 7) is 19.1. The smallest absolute Gasteiger partial charge is 0.302 e. The van der Waals surface area contributed by atoms with Crippen molar-refractivity contribution in [2.75, 3.05) is 6.61 Å². The van der Waals surface area contributed by atoms with Crippen molar-refractivity contribution in [3.8, 4) is 0 Å². The molecule has 5 aliphatic carbocycles. The van der Waals surface area contributed by atoms with Gasteiger partial charge in [-0.1, -0.05) is 60.1 Å². The standard InChI is InChI=1S/C34H52O6/c1-20(35)39-19-34-15-14-29(3,4)17-23(34)22-16-24(37)28-31(7)12-11-27(40-21(2)36)30(5,6)25(31)10-13-32(28,8)33(22,9)18-26(34)38/h16,23-25,27-28,37H,10-15,17-19H2,1-9H3. The van der Waals surface area contributed by atoms with Gasteiger partial charge in [-0.25, -0.2) is 0 Å². The van der Waals surface area contributed by atoms with Crippen LogP contribution in [-0.4, -0.2) is 41.6 Å². The predicted molar refractivity (Wildman–Crippen MR) is 153 cm³/mol. The Hall–Kier alpha value is -1.69. The highest BCUT2D eigenvalue weighted by atomic mass is 16.5. The third kappa shape index (κ3) is 4.01. The second kappa shape index (κ2) is 9.15. The lowest BCUT2D eigenvalue weighted by atomic mass is 9.33. The van der Waals surface area contributed by atoms with Gasteiger partial charge in [0, 0.05) is 37.0 Å². The maximum Gasteiger partial charge on any atom is 0.302 e. The number of Topliss-reactive ketones (excluding diaryl/α,β-unsaturated/α-hetero) is 1. The summed E-state index contributed by atoms with van der Waals surface area (Å²) in [6, 6.07) is 0. The van der Waals surface area contributed by atoms with Crippen LogP contribution in [-0.2, 0) is 23.9 Å². The Kier molecular flexibility index (Phi) is 6.82. The van der Waals surface area contributed by atoms with Gasteiger partial charge in [-0.2, -0.15) is 0 Å². The molecule has 0 aromatic carbocycles. The van der Waals surface area contributed by atoms with E-state index in [1.165, 1.54) is 19.4 Å². The van der Waals surface area contributed by atoms with Crippen LogP contribution in [0.2, 0.25) is 0 Å². The zero-order valence-electron chi connectivity index (χ0n) is 26.3. The average molecular weight is 557 g/mol. The number of aliphatic hydroxyl groups is 1. The highest BCUT2D eigenvalue weighted by Crippen LogP contribution is 2.75. The largest absolute Gasteiger partial charge is 0.465 e. The molecule has 0 spiro atoms. The maximum atomic E-state index is 14.4. The van der Waals surface area contributed by atoms with Crippen molar-refractivity contribution in [1.29, 1.82) is 0 Å². The number of allylic oxidation sites excluding steroid dienone is 1. The van der Waals surface area contributed by atoms with E-state index in [0.717, 1.165) is 38.5 Å². The summed E-state index contributed by atoms with van der Waals surface area (Å²) < 4.78 is 11.5.